The maximum absolute atomic E-state index is 12.0. The largest absolute Gasteiger partial charge is 0.506 e. The lowest BCUT2D eigenvalue weighted by molar-refractivity contribution is -0.154. The summed E-state index contributed by atoms with van der Waals surface area (Å²) in [6.07, 6.45) is 1.29. The number of hydrogen-bond donors (Lipinski definition) is 1. The average Bonchev–Trinajstić information content (AvgIpc) is 3.06. The van der Waals surface area contributed by atoms with Gasteiger partial charge in [-0.1, -0.05) is 25.1 Å². The van der Waals surface area contributed by atoms with Crippen LogP contribution in [0.2, 0.25) is 0 Å². The minimum atomic E-state index is -0.473. The maximum Gasteiger partial charge on any atom is 0.311 e. The predicted octanol–water partition coefficient (Wildman–Crippen LogP) is 3.65. The zero-order valence-electron chi connectivity index (χ0n) is 15.3. The van der Waals surface area contributed by atoms with E-state index in [1.165, 1.54) is 4.80 Å². The van der Waals surface area contributed by atoms with E-state index in [0.717, 1.165) is 23.0 Å². The molecular formula is C20H23N3O3. The first-order chi connectivity index (χ1) is 12.4. The van der Waals surface area contributed by atoms with E-state index in [1.54, 1.807) is 12.1 Å². The number of carbonyl (C=O) groups is 1. The number of phenols is 1. The number of fused-ring (bicyclic) bond motifs is 1. The summed E-state index contributed by atoms with van der Waals surface area (Å²) < 4.78 is 5.39. The van der Waals surface area contributed by atoms with Crippen molar-refractivity contribution in [1.82, 2.24) is 15.0 Å². The van der Waals surface area contributed by atoms with Gasteiger partial charge in [-0.2, -0.15) is 0 Å². The highest BCUT2D eigenvalue weighted by molar-refractivity contribution is 5.75. The molecule has 0 aliphatic rings. The fourth-order valence-electron chi connectivity index (χ4n) is 2.45. The SMILES string of the molecule is CCC(C)(C)C(=O)OCCc1ccc(O)c(-n2nc3ccccc3n2)c1. The van der Waals surface area contributed by atoms with Crippen molar-refractivity contribution >= 4 is 17.0 Å². The average molecular weight is 353 g/mol. The molecule has 0 aliphatic heterocycles. The van der Waals surface area contributed by atoms with Crippen molar-refractivity contribution in [2.45, 2.75) is 33.6 Å². The van der Waals surface area contributed by atoms with Crippen LogP contribution in [0.3, 0.4) is 0 Å². The van der Waals surface area contributed by atoms with Crippen molar-refractivity contribution < 1.29 is 14.6 Å². The summed E-state index contributed by atoms with van der Waals surface area (Å²) in [5.74, 6) is -0.0999. The highest BCUT2D eigenvalue weighted by atomic mass is 16.5. The van der Waals surface area contributed by atoms with Crippen LogP contribution in [0.15, 0.2) is 42.5 Å². The number of ether oxygens (including phenoxy) is 1. The van der Waals surface area contributed by atoms with Crippen LogP contribution in [0, 0.1) is 5.41 Å². The van der Waals surface area contributed by atoms with Gasteiger partial charge in [-0.15, -0.1) is 15.0 Å². The van der Waals surface area contributed by atoms with Gasteiger partial charge in [0.05, 0.1) is 12.0 Å². The molecular weight excluding hydrogens is 330 g/mol. The van der Waals surface area contributed by atoms with Crippen molar-refractivity contribution in [3.8, 4) is 11.4 Å². The molecule has 2 aromatic carbocycles. The summed E-state index contributed by atoms with van der Waals surface area (Å²) in [5, 5.41) is 19.0. The Kier molecular flexibility index (Phi) is 4.93. The molecule has 26 heavy (non-hydrogen) atoms. The Hall–Kier alpha value is -2.89. The molecule has 0 amide bonds. The Morgan fingerprint density at radius 1 is 1.15 bits per heavy atom. The van der Waals surface area contributed by atoms with E-state index in [9.17, 15) is 9.90 Å². The van der Waals surface area contributed by atoms with Crippen LogP contribution in [0.25, 0.3) is 16.7 Å². The summed E-state index contributed by atoms with van der Waals surface area (Å²) in [4.78, 5) is 13.5. The molecule has 1 heterocycles. The van der Waals surface area contributed by atoms with Crippen molar-refractivity contribution in [3.05, 3.63) is 48.0 Å². The molecule has 6 nitrogen and oxygen atoms in total. The quantitative estimate of drug-likeness (QED) is 0.685. The summed E-state index contributed by atoms with van der Waals surface area (Å²) in [7, 11) is 0. The van der Waals surface area contributed by atoms with Gasteiger partial charge < -0.3 is 9.84 Å². The van der Waals surface area contributed by atoms with Crippen LogP contribution in [-0.4, -0.2) is 32.7 Å². The van der Waals surface area contributed by atoms with Crippen LogP contribution in [0.1, 0.15) is 32.8 Å². The normalized spacial score (nSPS) is 11.7. The molecule has 0 saturated carbocycles. The second-order valence-electron chi connectivity index (χ2n) is 6.92. The number of rotatable bonds is 6. The Labute approximate surface area is 152 Å². The molecule has 136 valence electrons. The molecule has 1 aromatic heterocycles. The lowest BCUT2D eigenvalue weighted by atomic mass is 9.91. The molecule has 0 unspecified atom stereocenters. The van der Waals surface area contributed by atoms with Gasteiger partial charge >= 0.3 is 5.97 Å². The molecule has 0 bridgehead atoms. The van der Waals surface area contributed by atoms with E-state index >= 15 is 0 Å². The van der Waals surface area contributed by atoms with Gasteiger partial charge in [0.1, 0.15) is 22.5 Å². The molecule has 3 rings (SSSR count). The van der Waals surface area contributed by atoms with Crippen molar-refractivity contribution in [2.75, 3.05) is 6.61 Å². The Morgan fingerprint density at radius 3 is 2.42 bits per heavy atom. The van der Waals surface area contributed by atoms with E-state index in [4.69, 9.17) is 4.74 Å². The fraction of sp³-hybridized carbons (Fsp3) is 0.350. The standard InChI is InChI=1S/C20H23N3O3/c1-4-20(2,3)19(25)26-12-11-14-9-10-18(24)17(13-14)23-21-15-7-5-6-8-16(15)22-23/h5-10,13,24H,4,11-12H2,1-3H3. The van der Waals surface area contributed by atoms with E-state index in [1.807, 2.05) is 51.1 Å². The zero-order chi connectivity index (χ0) is 18.7. The number of aromatic hydroxyl groups is 1. The zero-order valence-corrected chi connectivity index (χ0v) is 15.3. The van der Waals surface area contributed by atoms with Crippen molar-refractivity contribution in [1.29, 1.82) is 0 Å². The van der Waals surface area contributed by atoms with Gasteiger partial charge in [-0.05, 0) is 50.1 Å². The molecule has 3 aromatic rings. The summed E-state index contributed by atoms with van der Waals surface area (Å²) >= 11 is 0. The lowest BCUT2D eigenvalue weighted by Crippen LogP contribution is -2.26. The molecule has 0 fully saturated rings. The molecule has 1 N–H and O–H groups in total. The summed E-state index contributed by atoms with van der Waals surface area (Å²) in [5.41, 5.74) is 2.47. The van der Waals surface area contributed by atoms with E-state index in [2.05, 4.69) is 10.2 Å². The Bertz CT molecular complexity index is 898. The Morgan fingerprint density at radius 2 is 1.81 bits per heavy atom. The van der Waals surface area contributed by atoms with Gasteiger partial charge in [-0.3, -0.25) is 4.79 Å². The lowest BCUT2D eigenvalue weighted by Gasteiger charge is -2.20. The summed E-state index contributed by atoms with van der Waals surface area (Å²) in [6.45, 7) is 6.01. The van der Waals surface area contributed by atoms with Crippen molar-refractivity contribution in [2.24, 2.45) is 5.41 Å². The molecule has 6 heteroatoms. The third kappa shape index (κ3) is 3.69. The monoisotopic (exact) mass is 353 g/mol. The van der Waals surface area contributed by atoms with Gasteiger partial charge in [0.2, 0.25) is 0 Å². The predicted molar refractivity (Wildman–Crippen MR) is 99.3 cm³/mol. The van der Waals surface area contributed by atoms with Crippen LogP contribution >= 0.6 is 0 Å². The minimum Gasteiger partial charge on any atom is -0.506 e. The van der Waals surface area contributed by atoms with Gasteiger partial charge in [0, 0.05) is 6.42 Å². The first-order valence-corrected chi connectivity index (χ1v) is 8.72. The van der Waals surface area contributed by atoms with E-state index in [0.29, 0.717) is 18.7 Å². The van der Waals surface area contributed by atoms with E-state index in [-0.39, 0.29) is 11.7 Å². The van der Waals surface area contributed by atoms with Crippen LogP contribution < -0.4 is 0 Å². The molecule has 0 saturated heterocycles. The third-order valence-corrected chi connectivity index (χ3v) is 4.60. The minimum absolute atomic E-state index is 0.0955. The highest BCUT2D eigenvalue weighted by Crippen LogP contribution is 2.24. The smallest absolute Gasteiger partial charge is 0.311 e. The van der Waals surface area contributed by atoms with Gasteiger partial charge in [0.15, 0.2) is 0 Å². The maximum atomic E-state index is 12.0. The second-order valence-corrected chi connectivity index (χ2v) is 6.92. The van der Waals surface area contributed by atoms with Crippen LogP contribution in [-0.2, 0) is 16.0 Å². The number of esters is 1. The second kappa shape index (κ2) is 7.15. The highest BCUT2D eigenvalue weighted by Gasteiger charge is 2.26. The Balaban J connectivity index is 1.75. The van der Waals surface area contributed by atoms with Gasteiger partial charge in [-0.25, -0.2) is 0 Å². The number of benzene rings is 2. The molecule has 0 radical (unpaired) electrons. The van der Waals surface area contributed by atoms with Gasteiger partial charge in [0.25, 0.3) is 0 Å². The number of aromatic nitrogens is 3. The first-order valence-electron chi connectivity index (χ1n) is 8.72. The third-order valence-electron chi connectivity index (χ3n) is 4.60. The summed E-state index contributed by atoms with van der Waals surface area (Å²) in [6, 6.07) is 12.8. The van der Waals surface area contributed by atoms with Crippen LogP contribution in [0.4, 0.5) is 0 Å². The number of hydrogen-bond acceptors (Lipinski definition) is 5. The van der Waals surface area contributed by atoms with Crippen molar-refractivity contribution in [3.63, 3.8) is 0 Å². The number of nitrogens with zero attached hydrogens (tertiary/aromatic N) is 3. The molecule has 0 aliphatic carbocycles. The number of carbonyl (C=O) groups excluding carboxylic acids is 1. The molecule has 0 atom stereocenters. The molecule has 0 spiro atoms. The topological polar surface area (TPSA) is 77.2 Å². The fourth-order valence-corrected chi connectivity index (χ4v) is 2.45. The van der Waals surface area contributed by atoms with E-state index < -0.39 is 5.41 Å². The number of phenolic OH excluding ortho intramolecular Hbond substituents is 1. The first kappa shape index (κ1) is 17.9. The van der Waals surface area contributed by atoms with Crippen LogP contribution in [0.5, 0.6) is 5.75 Å².